The molecule has 0 saturated heterocycles. The maximum absolute atomic E-state index is 9.03. The number of fused-ring (bicyclic) bond motifs is 1. The molecule has 3 nitrogen and oxygen atoms in total. The number of aromatic nitrogens is 2. The van der Waals surface area contributed by atoms with E-state index in [1.807, 2.05) is 0 Å². The number of imidazole rings is 1. The molecule has 2 rings (SSSR count). The molecule has 0 aliphatic rings. The molecular formula is C15H22N2O. The third-order valence-corrected chi connectivity index (χ3v) is 3.45. The van der Waals surface area contributed by atoms with Gasteiger partial charge < -0.3 is 9.67 Å². The van der Waals surface area contributed by atoms with Gasteiger partial charge in [-0.25, -0.2) is 4.98 Å². The quantitative estimate of drug-likeness (QED) is 0.900. The highest BCUT2D eigenvalue weighted by molar-refractivity contribution is 5.78. The van der Waals surface area contributed by atoms with Crippen LogP contribution in [0, 0.1) is 13.8 Å². The minimum absolute atomic E-state index is 0.224. The van der Waals surface area contributed by atoms with E-state index in [1.54, 1.807) is 0 Å². The van der Waals surface area contributed by atoms with Gasteiger partial charge in [-0.15, -0.1) is 0 Å². The van der Waals surface area contributed by atoms with E-state index in [0.717, 1.165) is 24.3 Å². The second kappa shape index (κ2) is 5.11. The fourth-order valence-corrected chi connectivity index (χ4v) is 2.30. The summed E-state index contributed by atoms with van der Waals surface area (Å²) >= 11 is 0. The van der Waals surface area contributed by atoms with E-state index in [0.29, 0.717) is 5.92 Å². The molecular weight excluding hydrogens is 224 g/mol. The van der Waals surface area contributed by atoms with Gasteiger partial charge in [-0.1, -0.05) is 13.8 Å². The number of rotatable bonds is 4. The van der Waals surface area contributed by atoms with Crippen LogP contribution >= 0.6 is 0 Å². The molecule has 0 amide bonds. The van der Waals surface area contributed by atoms with Crippen LogP contribution in [0.1, 0.15) is 43.1 Å². The lowest BCUT2D eigenvalue weighted by molar-refractivity contribution is 0.279. The summed E-state index contributed by atoms with van der Waals surface area (Å²) in [6, 6.07) is 4.37. The molecule has 0 saturated carbocycles. The molecule has 0 aliphatic carbocycles. The van der Waals surface area contributed by atoms with Gasteiger partial charge in [0.1, 0.15) is 5.82 Å². The molecule has 1 N–H and O–H groups in total. The van der Waals surface area contributed by atoms with Crippen LogP contribution in [0.5, 0.6) is 0 Å². The molecule has 18 heavy (non-hydrogen) atoms. The molecule has 1 heterocycles. The fraction of sp³-hybridized carbons (Fsp3) is 0.533. The standard InChI is InChI=1S/C15H22N2O/c1-10(2)15-16-13-8-11(3)12(4)9-14(13)17(15)6-5-7-18/h8-10,18H,5-7H2,1-4H3. The molecule has 3 heteroatoms. The van der Waals surface area contributed by atoms with Crippen molar-refractivity contribution < 1.29 is 5.11 Å². The molecule has 0 unspecified atom stereocenters. The van der Waals surface area contributed by atoms with Crippen molar-refractivity contribution in [2.45, 2.75) is 46.6 Å². The molecule has 0 spiro atoms. The van der Waals surface area contributed by atoms with Crippen LogP contribution in [0.4, 0.5) is 0 Å². The van der Waals surface area contributed by atoms with Gasteiger partial charge in [0.15, 0.2) is 0 Å². The fourth-order valence-electron chi connectivity index (χ4n) is 2.30. The highest BCUT2D eigenvalue weighted by atomic mass is 16.3. The molecule has 0 radical (unpaired) electrons. The number of aliphatic hydroxyl groups excluding tert-OH is 1. The van der Waals surface area contributed by atoms with Crippen LogP contribution in [-0.2, 0) is 6.54 Å². The SMILES string of the molecule is Cc1cc2nc(C(C)C)n(CCCO)c2cc1C. The first-order valence-corrected chi connectivity index (χ1v) is 6.62. The number of hydrogen-bond donors (Lipinski definition) is 1. The molecule has 2 aromatic rings. The first kappa shape index (κ1) is 13.1. The van der Waals surface area contributed by atoms with Crippen molar-refractivity contribution in [3.63, 3.8) is 0 Å². The molecule has 1 aromatic carbocycles. The first-order valence-electron chi connectivity index (χ1n) is 6.62. The smallest absolute Gasteiger partial charge is 0.112 e. The van der Waals surface area contributed by atoms with E-state index in [9.17, 15) is 0 Å². The Bertz CT molecular complexity index is 555. The Labute approximate surface area is 108 Å². The maximum atomic E-state index is 9.03. The van der Waals surface area contributed by atoms with Crippen molar-refractivity contribution in [3.8, 4) is 0 Å². The van der Waals surface area contributed by atoms with E-state index in [4.69, 9.17) is 10.1 Å². The second-order valence-electron chi connectivity index (χ2n) is 5.28. The van der Waals surface area contributed by atoms with Crippen molar-refractivity contribution in [1.29, 1.82) is 0 Å². The summed E-state index contributed by atoms with van der Waals surface area (Å²) < 4.78 is 2.25. The zero-order valence-electron chi connectivity index (χ0n) is 11.7. The Balaban J connectivity index is 2.61. The summed E-state index contributed by atoms with van der Waals surface area (Å²) in [5.41, 5.74) is 4.84. The lowest BCUT2D eigenvalue weighted by Gasteiger charge is -2.11. The van der Waals surface area contributed by atoms with E-state index in [2.05, 4.69) is 44.4 Å². The summed E-state index contributed by atoms with van der Waals surface area (Å²) in [6.45, 7) is 9.64. The van der Waals surface area contributed by atoms with Crippen LogP contribution in [0.25, 0.3) is 11.0 Å². The summed E-state index contributed by atoms with van der Waals surface area (Å²) in [4.78, 5) is 4.75. The van der Waals surface area contributed by atoms with Gasteiger partial charge in [0, 0.05) is 19.1 Å². The lowest BCUT2D eigenvalue weighted by atomic mass is 10.1. The van der Waals surface area contributed by atoms with E-state index >= 15 is 0 Å². The molecule has 0 fully saturated rings. The first-order chi connectivity index (χ1) is 8.54. The topological polar surface area (TPSA) is 38.0 Å². The van der Waals surface area contributed by atoms with Crippen molar-refractivity contribution in [1.82, 2.24) is 9.55 Å². The van der Waals surface area contributed by atoms with Gasteiger partial charge in [-0.2, -0.15) is 0 Å². The van der Waals surface area contributed by atoms with Crippen LogP contribution < -0.4 is 0 Å². The van der Waals surface area contributed by atoms with Crippen LogP contribution in [0.15, 0.2) is 12.1 Å². The number of aryl methyl sites for hydroxylation is 3. The Kier molecular flexibility index (Phi) is 3.71. The zero-order valence-corrected chi connectivity index (χ0v) is 11.7. The van der Waals surface area contributed by atoms with Gasteiger partial charge in [-0.05, 0) is 43.5 Å². The Morgan fingerprint density at radius 1 is 1.22 bits per heavy atom. The van der Waals surface area contributed by atoms with Crippen LogP contribution in [-0.4, -0.2) is 21.3 Å². The van der Waals surface area contributed by atoms with Crippen molar-refractivity contribution in [2.75, 3.05) is 6.61 Å². The minimum Gasteiger partial charge on any atom is -0.396 e. The Morgan fingerprint density at radius 3 is 2.50 bits per heavy atom. The zero-order chi connectivity index (χ0) is 13.3. The van der Waals surface area contributed by atoms with E-state index in [1.165, 1.54) is 16.6 Å². The van der Waals surface area contributed by atoms with Crippen LogP contribution in [0.3, 0.4) is 0 Å². The number of nitrogens with zero attached hydrogens (tertiary/aromatic N) is 2. The molecule has 0 atom stereocenters. The Morgan fingerprint density at radius 2 is 1.89 bits per heavy atom. The lowest BCUT2D eigenvalue weighted by Crippen LogP contribution is -2.06. The molecule has 0 aliphatic heterocycles. The van der Waals surface area contributed by atoms with Gasteiger partial charge >= 0.3 is 0 Å². The Hall–Kier alpha value is -1.35. The third kappa shape index (κ3) is 2.27. The van der Waals surface area contributed by atoms with E-state index in [-0.39, 0.29) is 6.61 Å². The van der Waals surface area contributed by atoms with E-state index < -0.39 is 0 Å². The van der Waals surface area contributed by atoms with Gasteiger partial charge in [-0.3, -0.25) is 0 Å². The summed E-state index contributed by atoms with van der Waals surface area (Å²) in [7, 11) is 0. The van der Waals surface area contributed by atoms with Gasteiger partial charge in [0.05, 0.1) is 11.0 Å². The van der Waals surface area contributed by atoms with Crippen LogP contribution in [0.2, 0.25) is 0 Å². The minimum atomic E-state index is 0.224. The molecule has 98 valence electrons. The maximum Gasteiger partial charge on any atom is 0.112 e. The highest BCUT2D eigenvalue weighted by Crippen LogP contribution is 2.24. The average molecular weight is 246 g/mol. The van der Waals surface area contributed by atoms with Crippen molar-refractivity contribution in [2.24, 2.45) is 0 Å². The van der Waals surface area contributed by atoms with Crippen molar-refractivity contribution in [3.05, 3.63) is 29.1 Å². The third-order valence-electron chi connectivity index (χ3n) is 3.45. The van der Waals surface area contributed by atoms with Gasteiger partial charge in [0.25, 0.3) is 0 Å². The van der Waals surface area contributed by atoms with Crippen molar-refractivity contribution >= 4 is 11.0 Å². The van der Waals surface area contributed by atoms with Gasteiger partial charge in [0.2, 0.25) is 0 Å². The predicted octanol–water partition coefficient (Wildman–Crippen LogP) is 3.16. The molecule has 1 aromatic heterocycles. The second-order valence-corrected chi connectivity index (χ2v) is 5.28. The predicted molar refractivity (Wildman–Crippen MR) is 75.0 cm³/mol. The number of hydrogen-bond acceptors (Lipinski definition) is 2. The largest absolute Gasteiger partial charge is 0.396 e. The summed E-state index contributed by atoms with van der Waals surface area (Å²) in [5.74, 6) is 1.51. The average Bonchev–Trinajstić information content (AvgIpc) is 2.65. The summed E-state index contributed by atoms with van der Waals surface area (Å²) in [5, 5.41) is 9.03. The highest BCUT2D eigenvalue weighted by Gasteiger charge is 2.14. The monoisotopic (exact) mass is 246 g/mol. The number of benzene rings is 1. The molecule has 0 bridgehead atoms. The normalized spacial score (nSPS) is 11.7. The summed E-state index contributed by atoms with van der Waals surface area (Å²) in [6.07, 6.45) is 0.776. The number of aliphatic hydroxyl groups is 1.